The highest BCUT2D eigenvalue weighted by Gasteiger charge is 2.11. The first kappa shape index (κ1) is 8.97. The SMILES string of the molecule is O=c1[nH]c2cc(S(=O)(=O)O)ccc2o1. The van der Waals surface area contributed by atoms with Crippen LogP contribution in [0, 0.1) is 0 Å². The standard InChI is InChI=1S/C7H5NO5S/c9-7-8-5-3-4(14(10,11)12)1-2-6(5)13-7/h1-3H,(H,8,9)(H,10,11,12). The number of fused-ring (bicyclic) bond motifs is 1. The molecule has 0 unspecified atom stereocenters. The van der Waals surface area contributed by atoms with E-state index in [4.69, 9.17) is 4.55 Å². The molecule has 74 valence electrons. The monoisotopic (exact) mass is 215 g/mol. The maximum atomic E-state index is 10.7. The Morgan fingerprint density at radius 2 is 2.07 bits per heavy atom. The number of aromatic nitrogens is 1. The summed E-state index contributed by atoms with van der Waals surface area (Å²) in [7, 11) is -4.25. The minimum atomic E-state index is -4.25. The normalized spacial score (nSPS) is 12.1. The lowest BCUT2D eigenvalue weighted by Gasteiger charge is -1.94. The van der Waals surface area contributed by atoms with E-state index >= 15 is 0 Å². The van der Waals surface area contributed by atoms with Gasteiger partial charge in [0.2, 0.25) is 0 Å². The van der Waals surface area contributed by atoms with Crippen LogP contribution in [0.25, 0.3) is 11.1 Å². The molecule has 0 fully saturated rings. The molecule has 0 spiro atoms. The molecule has 0 bridgehead atoms. The van der Waals surface area contributed by atoms with Crippen molar-refractivity contribution in [2.45, 2.75) is 4.90 Å². The van der Waals surface area contributed by atoms with E-state index in [0.717, 1.165) is 12.1 Å². The Hall–Kier alpha value is -1.60. The van der Waals surface area contributed by atoms with Crippen LogP contribution in [0.3, 0.4) is 0 Å². The molecule has 0 aliphatic carbocycles. The second kappa shape index (κ2) is 2.69. The smallest absolute Gasteiger partial charge is 0.408 e. The summed E-state index contributed by atoms with van der Waals surface area (Å²) in [6.07, 6.45) is 0. The van der Waals surface area contributed by atoms with Gasteiger partial charge in [-0.25, -0.2) is 4.79 Å². The van der Waals surface area contributed by atoms with Crippen LogP contribution < -0.4 is 5.76 Å². The molecule has 2 aromatic rings. The molecule has 0 radical (unpaired) electrons. The highest BCUT2D eigenvalue weighted by Crippen LogP contribution is 2.15. The summed E-state index contributed by atoms with van der Waals surface area (Å²) in [5.41, 5.74) is 0.465. The van der Waals surface area contributed by atoms with Gasteiger partial charge in [0, 0.05) is 0 Å². The summed E-state index contributed by atoms with van der Waals surface area (Å²) < 4.78 is 34.8. The highest BCUT2D eigenvalue weighted by atomic mass is 32.2. The third-order valence-electron chi connectivity index (χ3n) is 1.69. The van der Waals surface area contributed by atoms with E-state index in [-0.39, 0.29) is 16.0 Å². The Morgan fingerprint density at radius 1 is 1.36 bits per heavy atom. The van der Waals surface area contributed by atoms with Gasteiger partial charge >= 0.3 is 5.76 Å². The zero-order chi connectivity index (χ0) is 10.3. The van der Waals surface area contributed by atoms with Crippen LogP contribution in [0.2, 0.25) is 0 Å². The van der Waals surface area contributed by atoms with E-state index in [1.807, 2.05) is 0 Å². The topological polar surface area (TPSA) is 100 Å². The van der Waals surface area contributed by atoms with Crippen molar-refractivity contribution in [1.82, 2.24) is 4.98 Å². The van der Waals surface area contributed by atoms with Crippen molar-refractivity contribution in [3.05, 3.63) is 28.7 Å². The summed E-state index contributed by atoms with van der Waals surface area (Å²) in [4.78, 5) is 12.7. The van der Waals surface area contributed by atoms with Crippen LogP contribution in [0.1, 0.15) is 0 Å². The second-order valence-electron chi connectivity index (χ2n) is 2.65. The quantitative estimate of drug-likeness (QED) is 0.669. The van der Waals surface area contributed by atoms with Gasteiger partial charge in [-0.05, 0) is 18.2 Å². The molecule has 7 heteroatoms. The first-order chi connectivity index (χ1) is 6.47. The molecular formula is C7H5NO5S. The van der Waals surface area contributed by atoms with Gasteiger partial charge in [0.05, 0.1) is 10.4 Å². The summed E-state index contributed by atoms with van der Waals surface area (Å²) in [6, 6.07) is 3.56. The summed E-state index contributed by atoms with van der Waals surface area (Å²) >= 11 is 0. The van der Waals surface area contributed by atoms with Crippen molar-refractivity contribution >= 4 is 21.2 Å². The van der Waals surface area contributed by atoms with Crippen LogP contribution in [0.5, 0.6) is 0 Å². The third-order valence-corrected chi connectivity index (χ3v) is 2.54. The highest BCUT2D eigenvalue weighted by molar-refractivity contribution is 7.85. The Labute approximate surface area is 77.9 Å². The number of oxazole rings is 1. The molecule has 1 aromatic heterocycles. The number of rotatable bonds is 1. The van der Waals surface area contributed by atoms with E-state index in [9.17, 15) is 13.2 Å². The number of nitrogens with one attached hydrogen (secondary N) is 1. The summed E-state index contributed by atoms with van der Waals surface area (Å²) in [6.45, 7) is 0. The number of aromatic amines is 1. The molecule has 0 aliphatic heterocycles. The predicted octanol–water partition coefficient (Wildman–Crippen LogP) is 0.368. The molecule has 0 atom stereocenters. The van der Waals surface area contributed by atoms with E-state index in [1.165, 1.54) is 6.07 Å². The van der Waals surface area contributed by atoms with Crippen molar-refractivity contribution in [1.29, 1.82) is 0 Å². The lowest BCUT2D eigenvalue weighted by Crippen LogP contribution is -1.97. The van der Waals surface area contributed by atoms with Crippen molar-refractivity contribution in [3.63, 3.8) is 0 Å². The van der Waals surface area contributed by atoms with Gasteiger partial charge in [-0.3, -0.25) is 9.54 Å². The number of hydrogen-bond donors (Lipinski definition) is 2. The Balaban J connectivity index is 2.80. The van der Waals surface area contributed by atoms with Gasteiger partial charge in [0.15, 0.2) is 5.58 Å². The van der Waals surface area contributed by atoms with Gasteiger partial charge in [-0.1, -0.05) is 0 Å². The van der Waals surface area contributed by atoms with Gasteiger partial charge < -0.3 is 4.42 Å². The minimum absolute atomic E-state index is 0.227. The van der Waals surface area contributed by atoms with Gasteiger partial charge in [0.25, 0.3) is 10.1 Å². The fourth-order valence-electron chi connectivity index (χ4n) is 1.09. The Bertz CT molecular complexity index is 635. The molecule has 2 N–H and O–H groups in total. The average Bonchev–Trinajstić information content (AvgIpc) is 2.41. The number of benzene rings is 1. The Kier molecular flexibility index (Phi) is 1.73. The molecule has 6 nitrogen and oxygen atoms in total. The molecule has 1 aromatic carbocycles. The predicted molar refractivity (Wildman–Crippen MR) is 46.6 cm³/mol. The first-order valence-corrected chi connectivity index (χ1v) is 5.01. The van der Waals surface area contributed by atoms with Crippen molar-refractivity contribution in [2.24, 2.45) is 0 Å². The van der Waals surface area contributed by atoms with E-state index in [1.54, 1.807) is 0 Å². The van der Waals surface area contributed by atoms with Crippen LogP contribution in [-0.4, -0.2) is 18.0 Å². The Morgan fingerprint density at radius 3 is 2.71 bits per heavy atom. The van der Waals surface area contributed by atoms with Crippen molar-refractivity contribution < 1.29 is 17.4 Å². The molecule has 0 amide bonds. The van der Waals surface area contributed by atoms with E-state index < -0.39 is 15.9 Å². The number of H-pyrrole nitrogens is 1. The first-order valence-electron chi connectivity index (χ1n) is 3.57. The van der Waals surface area contributed by atoms with E-state index in [2.05, 4.69) is 9.40 Å². The third kappa shape index (κ3) is 1.42. The van der Waals surface area contributed by atoms with Crippen molar-refractivity contribution in [2.75, 3.05) is 0 Å². The van der Waals surface area contributed by atoms with Crippen LogP contribution in [0.4, 0.5) is 0 Å². The maximum absolute atomic E-state index is 10.7. The van der Waals surface area contributed by atoms with Gasteiger partial charge in [-0.15, -0.1) is 0 Å². The van der Waals surface area contributed by atoms with Gasteiger partial charge in [0.1, 0.15) is 0 Å². The fourth-order valence-corrected chi connectivity index (χ4v) is 1.60. The molecule has 0 saturated heterocycles. The number of hydrogen-bond acceptors (Lipinski definition) is 4. The van der Waals surface area contributed by atoms with Gasteiger partial charge in [-0.2, -0.15) is 8.42 Å². The molecule has 0 aliphatic rings. The second-order valence-corrected chi connectivity index (χ2v) is 4.07. The molecule has 0 saturated carbocycles. The zero-order valence-electron chi connectivity index (χ0n) is 6.72. The van der Waals surface area contributed by atoms with Crippen LogP contribution in [0.15, 0.2) is 32.3 Å². The van der Waals surface area contributed by atoms with Crippen LogP contribution in [-0.2, 0) is 10.1 Å². The lowest BCUT2D eigenvalue weighted by atomic mass is 10.3. The zero-order valence-corrected chi connectivity index (χ0v) is 7.54. The van der Waals surface area contributed by atoms with Crippen molar-refractivity contribution in [3.8, 4) is 0 Å². The molecule has 1 heterocycles. The summed E-state index contributed by atoms with van der Waals surface area (Å²) in [5.74, 6) is -0.674. The summed E-state index contributed by atoms with van der Waals surface area (Å²) in [5, 5.41) is 0. The molecule has 2 rings (SSSR count). The fraction of sp³-hybridized carbons (Fsp3) is 0. The largest absolute Gasteiger partial charge is 0.417 e. The maximum Gasteiger partial charge on any atom is 0.417 e. The lowest BCUT2D eigenvalue weighted by molar-refractivity contribution is 0.483. The minimum Gasteiger partial charge on any atom is -0.408 e. The average molecular weight is 215 g/mol. The van der Waals surface area contributed by atoms with E-state index in [0.29, 0.717) is 0 Å². The molecular weight excluding hydrogens is 210 g/mol. The van der Waals surface area contributed by atoms with Crippen LogP contribution >= 0.6 is 0 Å². The molecule has 14 heavy (non-hydrogen) atoms.